The van der Waals surface area contributed by atoms with E-state index in [0.29, 0.717) is 5.69 Å². The highest BCUT2D eigenvalue weighted by atomic mass is 19.4. The molecule has 2 aromatic rings. The third-order valence-corrected chi connectivity index (χ3v) is 1.78. The Morgan fingerprint density at radius 1 is 1.40 bits per heavy atom. The van der Waals surface area contributed by atoms with Gasteiger partial charge in [0.25, 0.3) is 11.6 Å². The van der Waals surface area contributed by atoms with Crippen molar-refractivity contribution in [2.45, 2.75) is 12.7 Å². The summed E-state index contributed by atoms with van der Waals surface area (Å²) in [6.45, 7) is 0.0691. The molecule has 0 saturated carbocycles. The fraction of sp³-hybridized carbons (Fsp3) is 0.286. The number of alkyl halides is 3. The van der Waals surface area contributed by atoms with Gasteiger partial charge in [0.2, 0.25) is 0 Å². The first-order chi connectivity index (χ1) is 7.02. The van der Waals surface area contributed by atoms with Crippen molar-refractivity contribution in [3.05, 3.63) is 23.8 Å². The Labute approximate surface area is 81.7 Å². The van der Waals surface area contributed by atoms with Gasteiger partial charge in [-0.05, 0) is 6.07 Å². The van der Waals surface area contributed by atoms with Crippen LogP contribution in [0.2, 0.25) is 0 Å². The molecule has 80 valence electrons. The van der Waals surface area contributed by atoms with Crippen molar-refractivity contribution < 1.29 is 13.2 Å². The average molecular weight is 217 g/mol. The normalized spacial score (nSPS) is 12.3. The first-order valence-electron chi connectivity index (χ1n) is 4.00. The van der Waals surface area contributed by atoms with E-state index in [1.165, 1.54) is 12.3 Å². The number of halogens is 3. The number of nitrogens with two attached hydrogens (primary N) is 1. The van der Waals surface area contributed by atoms with Crippen LogP contribution in [-0.4, -0.2) is 19.6 Å². The van der Waals surface area contributed by atoms with Gasteiger partial charge in [-0.15, -0.1) is 5.10 Å². The standard InChI is InChI=1S/C7H6F3N5/c8-7(9,10)5-13-6-12-2-1-4(3-11)15(6)14-5/h1-2H,3,11H2. The van der Waals surface area contributed by atoms with Gasteiger partial charge in [0.05, 0.1) is 5.69 Å². The van der Waals surface area contributed by atoms with Crippen LogP contribution in [0.25, 0.3) is 5.78 Å². The summed E-state index contributed by atoms with van der Waals surface area (Å²) >= 11 is 0. The number of hydrogen-bond donors (Lipinski definition) is 1. The van der Waals surface area contributed by atoms with Gasteiger partial charge in [0, 0.05) is 12.7 Å². The zero-order chi connectivity index (χ0) is 11.1. The number of rotatable bonds is 1. The van der Waals surface area contributed by atoms with Crippen molar-refractivity contribution in [1.82, 2.24) is 19.6 Å². The van der Waals surface area contributed by atoms with Gasteiger partial charge < -0.3 is 5.73 Å². The predicted octanol–water partition coefficient (Wildman–Crippen LogP) is 0.602. The molecule has 2 rings (SSSR count). The predicted molar refractivity (Wildman–Crippen MR) is 43.7 cm³/mol. The molecule has 0 amide bonds. The summed E-state index contributed by atoms with van der Waals surface area (Å²) in [4.78, 5) is 6.91. The second-order valence-corrected chi connectivity index (χ2v) is 2.79. The van der Waals surface area contributed by atoms with Crippen LogP contribution in [0.3, 0.4) is 0 Å². The minimum absolute atomic E-state index is 0.0691. The Hall–Kier alpha value is -1.70. The van der Waals surface area contributed by atoms with E-state index in [-0.39, 0.29) is 12.3 Å². The Bertz CT molecular complexity index is 489. The summed E-state index contributed by atoms with van der Waals surface area (Å²) in [5.74, 6) is -1.32. The van der Waals surface area contributed by atoms with Gasteiger partial charge in [0.1, 0.15) is 0 Å². The maximum atomic E-state index is 12.3. The first-order valence-corrected chi connectivity index (χ1v) is 4.00. The van der Waals surface area contributed by atoms with E-state index >= 15 is 0 Å². The summed E-state index contributed by atoms with van der Waals surface area (Å²) in [5, 5.41) is 3.29. The van der Waals surface area contributed by atoms with E-state index in [0.717, 1.165) is 4.52 Å². The minimum atomic E-state index is -4.57. The van der Waals surface area contributed by atoms with Crippen molar-refractivity contribution in [1.29, 1.82) is 0 Å². The molecule has 0 radical (unpaired) electrons. The van der Waals surface area contributed by atoms with Gasteiger partial charge in [-0.2, -0.15) is 22.7 Å². The van der Waals surface area contributed by atoms with Gasteiger partial charge in [-0.1, -0.05) is 0 Å². The summed E-state index contributed by atoms with van der Waals surface area (Å²) in [6.07, 6.45) is -3.23. The highest BCUT2D eigenvalue weighted by Crippen LogP contribution is 2.26. The molecule has 0 fully saturated rings. The summed E-state index contributed by atoms with van der Waals surface area (Å²) in [5.41, 5.74) is 5.76. The van der Waals surface area contributed by atoms with E-state index < -0.39 is 12.0 Å². The summed E-state index contributed by atoms with van der Waals surface area (Å²) < 4.78 is 37.8. The molecule has 0 saturated heterocycles. The lowest BCUT2D eigenvalue weighted by Gasteiger charge is -1.98. The van der Waals surface area contributed by atoms with Crippen molar-refractivity contribution >= 4 is 5.78 Å². The lowest BCUT2D eigenvalue weighted by atomic mass is 10.4. The molecule has 2 aromatic heterocycles. The maximum absolute atomic E-state index is 12.3. The smallest absolute Gasteiger partial charge is 0.325 e. The molecule has 0 spiro atoms. The zero-order valence-electron chi connectivity index (χ0n) is 7.36. The molecule has 0 aliphatic heterocycles. The van der Waals surface area contributed by atoms with Crippen LogP contribution in [0.4, 0.5) is 13.2 Å². The monoisotopic (exact) mass is 217 g/mol. The molecule has 15 heavy (non-hydrogen) atoms. The summed E-state index contributed by atoms with van der Waals surface area (Å²) in [6, 6.07) is 1.49. The summed E-state index contributed by atoms with van der Waals surface area (Å²) in [7, 11) is 0. The Morgan fingerprint density at radius 2 is 2.13 bits per heavy atom. The van der Waals surface area contributed by atoms with Gasteiger partial charge >= 0.3 is 6.18 Å². The molecule has 8 heteroatoms. The zero-order valence-corrected chi connectivity index (χ0v) is 7.36. The number of fused-ring (bicyclic) bond motifs is 1. The molecule has 0 aliphatic carbocycles. The van der Waals surface area contributed by atoms with E-state index in [9.17, 15) is 13.2 Å². The largest absolute Gasteiger partial charge is 0.453 e. The van der Waals surface area contributed by atoms with E-state index in [4.69, 9.17) is 5.73 Å². The second kappa shape index (κ2) is 3.16. The molecule has 0 atom stereocenters. The molecule has 0 unspecified atom stereocenters. The topological polar surface area (TPSA) is 69.1 Å². The SMILES string of the molecule is NCc1ccnc2nc(C(F)(F)F)nn12. The first kappa shape index (κ1) is 9.84. The molecule has 2 heterocycles. The lowest BCUT2D eigenvalue weighted by molar-refractivity contribution is -0.144. The van der Waals surface area contributed by atoms with Gasteiger partial charge in [-0.25, -0.2) is 4.98 Å². The third-order valence-electron chi connectivity index (χ3n) is 1.78. The molecule has 0 aromatic carbocycles. The van der Waals surface area contributed by atoms with Crippen molar-refractivity contribution in [2.75, 3.05) is 0 Å². The van der Waals surface area contributed by atoms with Gasteiger partial charge in [-0.3, -0.25) is 0 Å². The average Bonchev–Trinajstić information content (AvgIpc) is 2.59. The second-order valence-electron chi connectivity index (χ2n) is 2.79. The lowest BCUT2D eigenvalue weighted by Crippen LogP contribution is -2.09. The molecule has 0 aliphatic rings. The highest BCUT2D eigenvalue weighted by Gasteiger charge is 2.36. The molecular weight excluding hydrogens is 211 g/mol. The number of hydrogen-bond acceptors (Lipinski definition) is 4. The number of nitrogens with zero attached hydrogens (tertiary/aromatic N) is 4. The van der Waals surface area contributed by atoms with Crippen LogP contribution < -0.4 is 5.73 Å². The van der Waals surface area contributed by atoms with Crippen LogP contribution in [0, 0.1) is 0 Å². The Morgan fingerprint density at radius 3 is 2.73 bits per heavy atom. The van der Waals surface area contributed by atoms with Crippen molar-refractivity contribution in [3.63, 3.8) is 0 Å². The van der Waals surface area contributed by atoms with Crippen LogP contribution in [-0.2, 0) is 12.7 Å². The molecule has 0 bridgehead atoms. The third kappa shape index (κ3) is 1.63. The van der Waals surface area contributed by atoms with E-state index in [1.54, 1.807) is 0 Å². The number of aromatic nitrogens is 4. The van der Waals surface area contributed by atoms with Crippen molar-refractivity contribution in [3.8, 4) is 0 Å². The fourth-order valence-electron chi connectivity index (χ4n) is 1.12. The Kier molecular flexibility index (Phi) is 2.07. The van der Waals surface area contributed by atoms with E-state index in [2.05, 4.69) is 15.1 Å². The van der Waals surface area contributed by atoms with Crippen LogP contribution in [0.15, 0.2) is 12.3 Å². The van der Waals surface area contributed by atoms with Crippen LogP contribution in [0.5, 0.6) is 0 Å². The minimum Gasteiger partial charge on any atom is -0.325 e. The Balaban J connectivity index is 2.65. The van der Waals surface area contributed by atoms with Crippen LogP contribution in [0.1, 0.15) is 11.5 Å². The van der Waals surface area contributed by atoms with Crippen LogP contribution >= 0.6 is 0 Å². The van der Waals surface area contributed by atoms with E-state index in [1.807, 2.05) is 0 Å². The van der Waals surface area contributed by atoms with Crippen molar-refractivity contribution in [2.24, 2.45) is 5.73 Å². The molecule has 2 N–H and O–H groups in total. The highest BCUT2D eigenvalue weighted by molar-refractivity contribution is 5.29. The fourth-order valence-corrected chi connectivity index (χ4v) is 1.12. The maximum Gasteiger partial charge on any atom is 0.453 e. The molecule has 5 nitrogen and oxygen atoms in total. The quantitative estimate of drug-likeness (QED) is 0.759. The molecular formula is C7H6F3N5. The van der Waals surface area contributed by atoms with Gasteiger partial charge in [0.15, 0.2) is 0 Å².